The van der Waals surface area contributed by atoms with Crippen LogP contribution in [0.4, 0.5) is 0 Å². The Labute approximate surface area is 100 Å². The summed E-state index contributed by atoms with van der Waals surface area (Å²) in [6.07, 6.45) is 1.74. The van der Waals surface area contributed by atoms with Crippen LogP contribution in [-0.4, -0.2) is 28.9 Å². The minimum absolute atomic E-state index is 0.704. The average Bonchev–Trinajstić information content (AvgIpc) is 2.78. The maximum absolute atomic E-state index is 5.32. The second-order valence-electron chi connectivity index (χ2n) is 3.72. The molecule has 5 heteroatoms. The summed E-state index contributed by atoms with van der Waals surface area (Å²) in [6, 6.07) is 7.96. The summed E-state index contributed by atoms with van der Waals surface area (Å²) >= 11 is 0. The molecule has 0 unspecified atom stereocenters. The molecule has 0 amide bonds. The first kappa shape index (κ1) is 11.6. The standard InChI is InChI=1S/C12H16N4O/c1-13-7-12-15-14-9-16(12)8-10-5-3-4-6-11(10)17-2/h3-6,9,13H,7-8H2,1-2H3. The summed E-state index contributed by atoms with van der Waals surface area (Å²) in [6.45, 7) is 1.42. The van der Waals surface area contributed by atoms with E-state index >= 15 is 0 Å². The molecule has 0 saturated heterocycles. The van der Waals surface area contributed by atoms with Crippen LogP contribution < -0.4 is 10.1 Å². The molecular formula is C12H16N4O. The number of nitrogens with zero attached hydrogens (tertiary/aromatic N) is 3. The van der Waals surface area contributed by atoms with Crippen molar-refractivity contribution in [3.8, 4) is 5.75 Å². The number of hydrogen-bond donors (Lipinski definition) is 1. The van der Waals surface area contributed by atoms with Crippen LogP contribution in [0.5, 0.6) is 5.75 Å². The van der Waals surface area contributed by atoms with E-state index < -0.39 is 0 Å². The van der Waals surface area contributed by atoms with Crippen molar-refractivity contribution in [1.82, 2.24) is 20.1 Å². The van der Waals surface area contributed by atoms with Gasteiger partial charge in [-0.1, -0.05) is 18.2 Å². The SMILES string of the molecule is CNCc1nncn1Cc1ccccc1OC. The Bertz CT molecular complexity index is 481. The van der Waals surface area contributed by atoms with Gasteiger partial charge >= 0.3 is 0 Å². The van der Waals surface area contributed by atoms with Crippen molar-refractivity contribution in [2.24, 2.45) is 0 Å². The Kier molecular flexibility index (Phi) is 3.72. The maximum Gasteiger partial charge on any atom is 0.147 e. The predicted octanol–water partition coefficient (Wildman–Crippen LogP) is 1.05. The van der Waals surface area contributed by atoms with Gasteiger partial charge < -0.3 is 14.6 Å². The first-order chi connectivity index (χ1) is 8.35. The number of para-hydroxylation sites is 1. The molecule has 0 aliphatic heterocycles. The largest absolute Gasteiger partial charge is 0.496 e. The minimum atomic E-state index is 0.704. The molecule has 0 radical (unpaired) electrons. The number of methoxy groups -OCH3 is 1. The van der Waals surface area contributed by atoms with Gasteiger partial charge in [-0.25, -0.2) is 0 Å². The lowest BCUT2D eigenvalue weighted by atomic mass is 10.2. The van der Waals surface area contributed by atoms with Crippen molar-refractivity contribution in [1.29, 1.82) is 0 Å². The highest BCUT2D eigenvalue weighted by atomic mass is 16.5. The first-order valence-electron chi connectivity index (χ1n) is 5.48. The molecule has 0 spiro atoms. The van der Waals surface area contributed by atoms with E-state index in [2.05, 4.69) is 15.5 Å². The van der Waals surface area contributed by atoms with Crippen LogP contribution in [0.1, 0.15) is 11.4 Å². The van der Waals surface area contributed by atoms with Crippen LogP contribution in [0, 0.1) is 0 Å². The zero-order valence-corrected chi connectivity index (χ0v) is 10.1. The van der Waals surface area contributed by atoms with E-state index in [-0.39, 0.29) is 0 Å². The maximum atomic E-state index is 5.32. The molecule has 0 bridgehead atoms. The molecular weight excluding hydrogens is 216 g/mol. The van der Waals surface area contributed by atoms with Crippen molar-refractivity contribution in [2.75, 3.05) is 14.2 Å². The predicted molar refractivity (Wildman–Crippen MR) is 64.9 cm³/mol. The lowest BCUT2D eigenvalue weighted by molar-refractivity contribution is 0.408. The highest BCUT2D eigenvalue weighted by molar-refractivity contribution is 5.33. The second kappa shape index (κ2) is 5.45. The summed E-state index contributed by atoms with van der Waals surface area (Å²) in [5.41, 5.74) is 1.12. The van der Waals surface area contributed by atoms with Crippen LogP contribution in [0.3, 0.4) is 0 Å². The summed E-state index contributed by atoms with van der Waals surface area (Å²) < 4.78 is 7.33. The van der Waals surface area contributed by atoms with E-state index in [1.807, 2.05) is 35.9 Å². The molecule has 17 heavy (non-hydrogen) atoms. The van der Waals surface area contributed by atoms with Crippen molar-refractivity contribution in [3.05, 3.63) is 42.0 Å². The Morgan fingerprint density at radius 3 is 2.94 bits per heavy atom. The van der Waals surface area contributed by atoms with Crippen molar-refractivity contribution < 1.29 is 4.74 Å². The summed E-state index contributed by atoms with van der Waals surface area (Å²) in [5.74, 6) is 1.80. The molecule has 5 nitrogen and oxygen atoms in total. The number of aromatic nitrogens is 3. The molecule has 1 aromatic carbocycles. The van der Waals surface area contributed by atoms with Crippen LogP contribution >= 0.6 is 0 Å². The fourth-order valence-electron chi connectivity index (χ4n) is 1.72. The van der Waals surface area contributed by atoms with E-state index in [0.29, 0.717) is 13.1 Å². The molecule has 0 saturated carbocycles. The van der Waals surface area contributed by atoms with Gasteiger partial charge in [-0.05, 0) is 13.1 Å². The number of rotatable bonds is 5. The Balaban J connectivity index is 2.22. The van der Waals surface area contributed by atoms with Gasteiger partial charge in [0.15, 0.2) is 0 Å². The number of hydrogen-bond acceptors (Lipinski definition) is 4. The van der Waals surface area contributed by atoms with Crippen molar-refractivity contribution >= 4 is 0 Å². The van der Waals surface area contributed by atoms with Crippen LogP contribution in [0.2, 0.25) is 0 Å². The molecule has 1 N–H and O–H groups in total. The fraction of sp³-hybridized carbons (Fsp3) is 0.333. The molecule has 1 heterocycles. The molecule has 0 fully saturated rings. The average molecular weight is 232 g/mol. The lowest BCUT2D eigenvalue weighted by Gasteiger charge is -2.10. The van der Waals surface area contributed by atoms with Gasteiger partial charge in [0.05, 0.1) is 20.2 Å². The Hall–Kier alpha value is -1.88. The van der Waals surface area contributed by atoms with Gasteiger partial charge in [0, 0.05) is 5.56 Å². The molecule has 0 aliphatic carbocycles. The normalized spacial score (nSPS) is 10.5. The lowest BCUT2D eigenvalue weighted by Crippen LogP contribution is -2.13. The summed E-state index contributed by atoms with van der Waals surface area (Å²) in [4.78, 5) is 0. The molecule has 0 atom stereocenters. The third-order valence-corrected chi connectivity index (χ3v) is 2.56. The van der Waals surface area contributed by atoms with Crippen LogP contribution in [0.25, 0.3) is 0 Å². The zero-order chi connectivity index (χ0) is 12.1. The number of benzene rings is 1. The smallest absolute Gasteiger partial charge is 0.147 e. The van der Waals surface area contributed by atoms with E-state index in [4.69, 9.17) is 4.74 Å². The van der Waals surface area contributed by atoms with E-state index in [0.717, 1.165) is 17.1 Å². The van der Waals surface area contributed by atoms with Gasteiger partial charge in [-0.2, -0.15) is 0 Å². The summed E-state index contributed by atoms with van der Waals surface area (Å²) in [7, 11) is 3.57. The topological polar surface area (TPSA) is 52.0 Å². The van der Waals surface area contributed by atoms with Gasteiger partial charge in [-0.3, -0.25) is 0 Å². The highest BCUT2D eigenvalue weighted by Gasteiger charge is 2.06. The highest BCUT2D eigenvalue weighted by Crippen LogP contribution is 2.18. The van der Waals surface area contributed by atoms with E-state index in [9.17, 15) is 0 Å². The van der Waals surface area contributed by atoms with Gasteiger partial charge in [-0.15, -0.1) is 10.2 Å². The number of nitrogens with one attached hydrogen (secondary N) is 1. The third kappa shape index (κ3) is 2.62. The van der Waals surface area contributed by atoms with Gasteiger partial charge in [0.1, 0.15) is 17.9 Å². The van der Waals surface area contributed by atoms with Crippen molar-refractivity contribution in [2.45, 2.75) is 13.1 Å². The van der Waals surface area contributed by atoms with Crippen molar-refractivity contribution in [3.63, 3.8) is 0 Å². The summed E-state index contributed by atoms with van der Waals surface area (Å²) in [5, 5.41) is 11.1. The quantitative estimate of drug-likeness (QED) is 0.837. The number of ether oxygens (including phenoxy) is 1. The molecule has 1 aromatic heterocycles. The van der Waals surface area contributed by atoms with Crippen LogP contribution in [-0.2, 0) is 13.1 Å². The van der Waals surface area contributed by atoms with E-state index in [1.54, 1.807) is 13.4 Å². The third-order valence-electron chi connectivity index (χ3n) is 2.56. The first-order valence-corrected chi connectivity index (χ1v) is 5.48. The fourth-order valence-corrected chi connectivity index (χ4v) is 1.72. The Morgan fingerprint density at radius 2 is 2.18 bits per heavy atom. The van der Waals surface area contributed by atoms with Gasteiger partial charge in [0.25, 0.3) is 0 Å². The molecule has 2 rings (SSSR count). The second-order valence-corrected chi connectivity index (χ2v) is 3.72. The van der Waals surface area contributed by atoms with E-state index in [1.165, 1.54) is 0 Å². The molecule has 0 aliphatic rings. The minimum Gasteiger partial charge on any atom is -0.496 e. The molecule has 90 valence electrons. The Morgan fingerprint density at radius 1 is 1.35 bits per heavy atom. The zero-order valence-electron chi connectivity index (χ0n) is 10.1. The van der Waals surface area contributed by atoms with Crippen LogP contribution in [0.15, 0.2) is 30.6 Å². The monoisotopic (exact) mass is 232 g/mol. The molecule has 2 aromatic rings. The van der Waals surface area contributed by atoms with Gasteiger partial charge in [0.2, 0.25) is 0 Å².